The molecule has 11 heteroatoms. The Balaban J connectivity index is 0.00000561. The van der Waals surface area contributed by atoms with Crippen LogP contribution >= 0.6 is 0 Å². The Labute approximate surface area is 343 Å². The van der Waals surface area contributed by atoms with Gasteiger partial charge in [0, 0.05) is 47.8 Å². The zero-order valence-corrected chi connectivity index (χ0v) is 35.7. The van der Waals surface area contributed by atoms with Crippen molar-refractivity contribution in [3.8, 4) is 0 Å². The first-order valence-corrected chi connectivity index (χ1v) is 21.7. The maximum absolute atomic E-state index is 11.4. The number of nitrogens with zero attached hydrogens (tertiary/aromatic N) is 2. The minimum atomic E-state index is -4.01. The fourth-order valence-corrected chi connectivity index (χ4v) is 9.69. The summed E-state index contributed by atoms with van der Waals surface area (Å²) in [5, 5.41) is 4.83. The van der Waals surface area contributed by atoms with E-state index in [1.165, 1.54) is 38.4 Å². The zero-order valence-electron chi connectivity index (χ0n) is 32.1. The van der Waals surface area contributed by atoms with Gasteiger partial charge in [0.2, 0.25) is 5.69 Å². The fourth-order valence-electron chi connectivity index (χ4n) is 8.56. The van der Waals surface area contributed by atoms with E-state index in [1.54, 1.807) is 0 Å². The van der Waals surface area contributed by atoms with Gasteiger partial charge in [-0.2, -0.15) is 21.4 Å². The van der Waals surface area contributed by atoms with Gasteiger partial charge in [0.25, 0.3) is 20.2 Å². The Bertz CT molecular complexity index is 2360. The van der Waals surface area contributed by atoms with E-state index in [9.17, 15) is 25.9 Å². The number of fused-ring (bicyclic) bond motifs is 6. The third kappa shape index (κ3) is 9.13. The number of hydrogen-bond donors (Lipinski definition) is 2. The Morgan fingerprint density at radius 3 is 1.93 bits per heavy atom. The monoisotopic (exact) mass is 778 g/mol. The molecule has 0 aromatic heterocycles. The van der Waals surface area contributed by atoms with Crippen LogP contribution in [0.15, 0.2) is 109 Å². The molecule has 2 aliphatic rings. The van der Waals surface area contributed by atoms with Crippen LogP contribution in [-0.4, -0.2) is 66.9 Å². The minimum Gasteiger partial charge on any atom is -0.367 e. The van der Waals surface area contributed by atoms with E-state index >= 15 is 0 Å². The van der Waals surface area contributed by atoms with Crippen molar-refractivity contribution < 1.29 is 60.1 Å². The van der Waals surface area contributed by atoms with E-state index < -0.39 is 20.2 Å². The number of hydrogen-bond acceptors (Lipinski definition) is 5. The molecule has 0 spiro atoms. The largest absolute Gasteiger partial charge is 1.00 e. The fraction of sp³-hybridized carbons (Fsp3) is 0.372. The second kappa shape index (κ2) is 17.0. The van der Waals surface area contributed by atoms with Gasteiger partial charge in [-0.25, -0.2) is 0 Å². The Morgan fingerprint density at radius 2 is 1.28 bits per heavy atom. The van der Waals surface area contributed by atoms with Crippen molar-refractivity contribution in [2.24, 2.45) is 0 Å². The van der Waals surface area contributed by atoms with Gasteiger partial charge in [0.05, 0.1) is 16.9 Å². The maximum Gasteiger partial charge on any atom is 1.00 e. The first-order chi connectivity index (χ1) is 25.1. The number of rotatable bonds is 15. The quantitative estimate of drug-likeness (QED) is 0.0506. The molecule has 2 heterocycles. The van der Waals surface area contributed by atoms with Gasteiger partial charge in [-0.1, -0.05) is 98.8 Å². The van der Waals surface area contributed by atoms with Crippen LogP contribution in [0.3, 0.4) is 0 Å². The predicted octanol–water partition coefficient (Wildman–Crippen LogP) is 5.93. The number of benzene rings is 4. The maximum atomic E-state index is 11.4. The second-order valence-electron chi connectivity index (χ2n) is 15.3. The third-order valence-electron chi connectivity index (χ3n) is 11.0. The van der Waals surface area contributed by atoms with E-state index in [1.807, 2.05) is 18.2 Å². The van der Waals surface area contributed by atoms with Crippen molar-refractivity contribution in [2.45, 2.75) is 76.7 Å². The van der Waals surface area contributed by atoms with Crippen molar-refractivity contribution in [2.75, 3.05) is 29.5 Å². The van der Waals surface area contributed by atoms with E-state index in [-0.39, 0.29) is 57.9 Å². The molecule has 0 radical (unpaired) electrons. The van der Waals surface area contributed by atoms with Crippen molar-refractivity contribution in [1.29, 1.82) is 0 Å². The van der Waals surface area contributed by atoms with Crippen LogP contribution in [0.5, 0.6) is 0 Å². The Hall–Kier alpha value is -3.09. The molecule has 8 nitrogen and oxygen atoms in total. The summed E-state index contributed by atoms with van der Waals surface area (Å²) in [5.41, 5.74) is 5.55. The van der Waals surface area contributed by atoms with Crippen LogP contribution in [0.1, 0.15) is 70.9 Å². The van der Waals surface area contributed by atoms with Crippen molar-refractivity contribution in [1.82, 2.24) is 0 Å². The molecule has 1 unspecified atom stereocenters. The standard InChI is InChI=1S/C43H50N2O6S2.Na/c1-42(2)38(44(28-14-16-30-52(46,47)48)36-26-24-32-18-10-12-20-34(32)40(36)42)22-8-6-5-7-9-23-39-43(3,4)41-35-21-13-11-19-33(35)25-27-37(41)45(39)29-15-17-31-53(49,50)51;/h5-13,18-22,24-27,39H,14-17,23,28-31H2,1-4H3,(H-,46,47,48,49,50,51);/q;+1/p+1. The molecule has 6 rings (SSSR count). The number of unbranched alkanes of at least 4 members (excludes halogenated alkanes) is 2. The normalized spacial score (nSPS) is 18.0. The first-order valence-electron chi connectivity index (χ1n) is 18.5. The van der Waals surface area contributed by atoms with Gasteiger partial charge in [0.15, 0.2) is 5.71 Å². The van der Waals surface area contributed by atoms with Gasteiger partial charge in [0.1, 0.15) is 6.54 Å². The molecular weight excluding hydrogens is 728 g/mol. The van der Waals surface area contributed by atoms with Gasteiger partial charge in [-0.05, 0) is 78.8 Å². The molecule has 0 fully saturated rings. The SMILES string of the molecule is CC1(C)C(C=CC=CC=CCC2N(CCCCS(=O)(=O)O)c3ccc4ccccc4c3C2(C)C)=[N+](CCCCS(=O)(=O)O)c2ccc3ccccc3c21.[Na+]. The Morgan fingerprint density at radius 1 is 0.704 bits per heavy atom. The molecule has 1 atom stereocenters. The number of anilines is 1. The summed E-state index contributed by atoms with van der Waals surface area (Å²) in [5.74, 6) is -0.482. The predicted molar refractivity (Wildman–Crippen MR) is 218 cm³/mol. The molecular formula is C43H51N2NaO6S2+2. The van der Waals surface area contributed by atoms with Gasteiger partial charge >= 0.3 is 29.6 Å². The molecule has 54 heavy (non-hydrogen) atoms. The summed E-state index contributed by atoms with van der Waals surface area (Å²) in [6, 6.07) is 25.7. The molecule has 280 valence electrons. The molecule has 0 saturated carbocycles. The Kier molecular flexibility index (Phi) is 13.2. The summed E-state index contributed by atoms with van der Waals surface area (Å²) >= 11 is 0. The van der Waals surface area contributed by atoms with E-state index in [4.69, 9.17) is 0 Å². The molecule has 2 aliphatic heterocycles. The van der Waals surface area contributed by atoms with Crippen LogP contribution < -0.4 is 34.5 Å². The summed E-state index contributed by atoms with van der Waals surface area (Å²) in [4.78, 5) is 2.42. The van der Waals surface area contributed by atoms with Crippen molar-refractivity contribution in [3.05, 3.63) is 120 Å². The molecule has 2 N–H and O–H groups in total. The average Bonchev–Trinajstić information content (AvgIpc) is 3.45. The van der Waals surface area contributed by atoms with Crippen molar-refractivity contribution in [3.63, 3.8) is 0 Å². The molecule has 4 aromatic carbocycles. The van der Waals surface area contributed by atoms with Crippen LogP contribution in [0, 0.1) is 0 Å². The van der Waals surface area contributed by atoms with Crippen LogP contribution in [0.4, 0.5) is 11.4 Å². The molecule has 0 saturated heterocycles. The minimum absolute atomic E-state index is 0. The van der Waals surface area contributed by atoms with Gasteiger partial charge < -0.3 is 4.90 Å². The number of allylic oxidation sites excluding steroid dienone is 5. The van der Waals surface area contributed by atoms with Gasteiger partial charge in [-0.3, -0.25) is 9.11 Å². The topological polar surface area (TPSA) is 115 Å². The second-order valence-corrected chi connectivity index (χ2v) is 18.5. The molecule has 0 bridgehead atoms. The smallest absolute Gasteiger partial charge is 0.367 e. The molecule has 4 aromatic rings. The molecule has 0 amide bonds. The van der Waals surface area contributed by atoms with Crippen LogP contribution in [-0.2, 0) is 31.1 Å². The van der Waals surface area contributed by atoms with Gasteiger partial charge in [-0.15, -0.1) is 0 Å². The van der Waals surface area contributed by atoms with E-state index in [0.717, 1.165) is 17.8 Å². The summed E-state index contributed by atoms with van der Waals surface area (Å²) < 4.78 is 66.4. The summed E-state index contributed by atoms with van der Waals surface area (Å²) in [7, 11) is -8.00. The van der Waals surface area contributed by atoms with E-state index in [0.29, 0.717) is 38.8 Å². The van der Waals surface area contributed by atoms with Crippen molar-refractivity contribution >= 4 is 58.9 Å². The van der Waals surface area contributed by atoms with Crippen LogP contribution in [0.25, 0.3) is 21.5 Å². The van der Waals surface area contributed by atoms with Crippen LogP contribution in [0.2, 0.25) is 0 Å². The zero-order chi connectivity index (χ0) is 38.0. The summed E-state index contributed by atoms with van der Waals surface area (Å²) in [6.07, 6.45) is 15.4. The summed E-state index contributed by atoms with van der Waals surface area (Å²) in [6.45, 7) is 10.4. The first kappa shape index (κ1) is 42.1. The molecule has 0 aliphatic carbocycles. The average molecular weight is 779 g/mol. The van der Waals surface area contributed by atoms with E-state index in [2.05, 4.69) is 128 Å². The third-order valence-corrected chi connectivity index (χ3v) is 12.6.